The zero-order valence-electron chi connectivity index (χ0n) is 21.0. The van der Waals surface area contributed by atoms with Crippen LogP contribution < -0.4 is 4.90 Å². The van der Waals surface area contributed by atoms with E-state index >= 15 is 0 Å². The molecule has 0 amide bonds. The molecule has 11 nitrogen and oxygen atoms in total. The zero-order valence-corrected chi connectivity index (χ0v) is 21.8. The van der Waals surface area contributed by atoms with Crippen molar-refractivity contribution in [1.82, 2.24) is 19.5 Å². The lowest BCUT2D eigenvalue weighted by Crippen LogP contribution is -2.42. The highest BCUT2D eigenvalue weighted by atomic mass is 32.2. The maximum Gasteiger partial charge on any atom is 0.434 e. The van der Waals surface area contributed by atoms with Crippen molar-refractivity contribution in [3.05, 3.63) is 41.0 Å². The molecular formula is C23H24F3N5O6S. The zero-order chi connectivity index (χ0) is 28.2. The molecule has 1 aliphatic rings. The maximum atomic E-state index is 13.8. The number of hydrogen-bond acceptors (Lipinski definition) is 10. The van der Waals surface area contributed by atoms with E-state index in [4.69, 9.17) is 4.74 Å². The number of halogens is 3. The van der Waals surface area contributed by atoms with Crippen LogP contribution in [0.1, 0.15) is 52.1 Å². The van der Waals surface area contributed by atoms with E-state index in [1.807, 2.05) is 13.8 Å². The lowest BCUT2D eigenvalue weighted by atomic mass is 10.00. The predicted molar refractivity (Wildman–Crippen MR) is 127 cm³/mol. The molecule has 0 saturated heterocycles. The van der Waals surface area contributed by atoms with E-state index in [0.717, 1.165) is 26.7 Å². The van der Waals surface area contributed by atoms with Gasteiger partial charge in [0.05, 0.1) is 41.8 Å². The minimum Gasteiger partial charge on any atom is -0.465 e. The maximum absolute atomic E-state index is 13.8. The predicted octanol–water partition coefficient (Wildman–Crippen LogP) is 3.04. The fourth-order valence-electron chi connectivity index (χ4n) is 4.56. The topological polar surface area (TPSA) is 134 Å². The lowest BCUT2D eigenvalue weighted by Gasteiger charge is -2.38. The van der Waals surface area contributed by atoms with Gasteiger partial charge in [0.15, 0.2) is 15.5 Å². The van der Waals surface area contributed by atoms with Crippen LogP contribution in [0.3, 0.4) is 0 Å². The molecule has 1 aliphatic heterocycles. The van der Waals surface area contributed by atoms with Gasteiger partial charge in [-0.1, -0.05) is 13.8 Å². The van der Waals surface area contributed by atoms with Gasteiger partial charge in [-0.3, -0.25) is 0 Å². The number of sulfone groups is 1. The SMILES string of the molecule is COC(=O)c1cc2nc3n(c2cc1S(C)(=O)=O)CCN(c1ncc(C(=O)OC)c(C(F)(F)F)n1)[C@@H]3C(C)C. The number of alkyl halides is 3. The normalized spacial score (nSPS) is 16.0. The van der Waals surface area contributed by atoms with Crippen molar-refractivity contribution < 1.29 is 40.7 Å². The average Bonchev–Trinajstić information content (AvgIpc) is 3.22. The van der Waals surface area contributed by atoms with Crippen molar-refractivity contribution in [2.45, 2.75) is 37.5 Å². The number of nitrogens with zero attached hydrogens (tertiary/aromatic N) is 5. The molecular weight excluding hydrogens is 531 g/mol. The molecule has 38 heavy (non-hydrogen) atoms. The Kier molecular flexibility index (Phi) is 6.84. The van der Waals surface area contributed by atoms with Crippen molar-refractivity contribution >= 4 is 38.8 Å². The van der Waals surface area contributed by atoms with Crippen LogP contribution in [0.2, 0.25) is 0 Å². The Morgan fingerprint density at radius 2 is 1.68 bits per heavy atom. The Hall–Kier alpha value is -3.75. The first kappa shape index (κ1) is 27.3. The average molecular weight is 556 g/mol. The first-order chi connectivity index (χ1) is 17.7. The molecule has 0 aliphatic carbocycles. The molecule has 204 valence electrons. The molecule has 0 unspecified atom stereocenters. The number of anilines is 1. The molecule has 0 spiro atoms. The summed E-state index contributed by atoms with van der Waals surface area (Å²) in [6, 6.07) is 2.06. The van der Waals surface area contributed by atoms with E-state index in [1.165, 1.54) is 12.1 Å². The third-order valence-corrected chi connectivity index (χ3v) is 7.32. The van der Waals surface area contributed by atoms with Crippen LogP contribution in [-0.4, -0.2) is 66.9 Å². The van der Waals surface area contributed by atoms with Crippen LogP contribution in [0.5, 0.6) is 0 Å². The van der Waals surface area contributed by atoms with E-state index in [0.29, 0.717) is 16.9 Å². The molecule has 3 heterocycles. The first-order valence-corrected chi connectivity index (χ1v) is 13.2. The highest BCUT2D eigenvalue weighted by Crippen LogP contribution is 2.39. The summed E-state index contributed by atoms with van der Waals surface area (Å²) in [7, 11) is -1.73. The number of benzene rings is 1. The van der Waals surface area contributed by atoms with Crippen LogP contribution in [0.15, 0.2) is 23.2 Å². The van der Waals surface area contributed by atoms with Gasteiger partial charge < -0.3 is 18.9 Å². The number of fused-ring (bicyclic) bond motifs is 3. The van der Waals surface area contributed by atoms with Gasteiger partial charge in [0, 0.05) is 25.5 Å². The quantitative estimate of drug-likeness (QED) is 0.433. The fraction of sp³-hybridized carbons (Fsp3) is 0.435. The van der Waals surface area contributed by atoms with E-state index in [9.17, 15) is 31.2 Å². The van der Waals surface area contributed by atoms with Gasteiger partial charge >= 0.3 is 18.1 Å². The molecule has 3 aromatic rings. The number of methoxy groups -OCH3 is 2. The summed E-state index contributed by atoms with van der Waals surface area (Å²) in [4.78, 5) is 37.9. The molecule has 1 aromatic carbocycles. The number of carbonyl (C=O) groups excluding carboxylic acids is 2. The molecule has 0 bridgehead atoms. The van der Waals surface area contributed by atoms with Crippen molar-refractivity contribution in [3.8, 4) is 0 Å². The summed E-state index contributed by atoms with van der Waals surface area (Å²) < 4.78 is 77.2. The molecule has 0 fully saturated rings. The molecule has 1 atom stereocenters. The second-order valence-corrected chi connectivity index (χ2v) is 11.0. The minimum atomic E-state index is -4.94. The number of ether oxygens (including phenoxy) is 2. The number of imidazole rings is 1. The van der Waals surface area contributed by atoms with E-state index in [-0.39, 0.29) is 35.4 Å². The van der Waals surface area contributed by atoms with Gasteiger partial charge in [-0.2, -0.15) is 13.2 Å². The molecule has 2 aromatic heterocycles. The smallest absolute Gasteiger partial charge is 0.434 e. The summed E-state index contributed by atoms with van der Waals surface area (Å²) in [5, 5.41) is 0. The van der Waals surface area contributed by atoms with E-state index in [2.05, 4.69) is 19.7 Å². The van der Waals surface area contributed by atoms with Crippen molar-refractivity contribution in [1.29, 1.82) is 0 Å². The largest absolute Gasteiger partial charge is 0.465 e. The van der Waals surface area contributed by atoms with Crippen LogP contribution in [0.25, 0.3) is 11.0 Å². The number of hydrogen-bond donors (Lipinski definition) is 0. The van der Waals surface area contributed by atoms with Gasteiger partial charge in [0.25, 0.3) is 0 Å². The van der Waals surface area contributed by atoms with Crippen LogP contribution >= 0.6 is 0 Å². The van der Waals surface area contributed by atoms with Crippen LogP contribution in [0, 0.1) is 5.92 Å². The molecule has 0 radical (unpaired) electrons. The second-order valence-electron chi connectivity index (χ2n) is 9.03. The standard InChI is InChI=1S/C23H24F3N5O6S/c1-11(2)17-19-28-14-8-12(20(32)36-3)16(38(5,34)35)9-15(14)30(19)6-7-31(17)22-27-10-13(21(33)37-4)18(29-22)23(24,25)26/h8-11,17H,6-7H2,1-5H3/t17-/m1/s1. The monoisotopic (exact) mass is 555 g/mol. The van der Waals surface area contributed by atoms with Gasteiger partial charge in [0.1, 0.15) is 11.4 Å². The molecule has 4 rings (SSSR count). The summed E-state index contributed by atoms with van der Waals surface area (Å²) >= 11 is 0. The van der Waals surface area contributed by atoms with E-state index < -0.39 is 45.3 Å². The van der Waals surface area contributed by atoms with Crippen LogP contribution in [0.4, 0.5) is 19.1 Å². The Balaban J connectivity index is 1.90. The lowest BCUT2D eigenvalue weighted by molar-refractivity contribution is -0.141. The molecule has 0 saturated carbocycles. The Labute approximate surface area is 215 Å². The summed E-state index contributed by atoms with van der Waals surface area (Å²) in [5.74, 6) is -2.10. The third-order valence-electron chi connectivity index (χ3n) is 6.19. The third kappa shape index (κ3) is 4.66. The van der Waals surface area contributed by atoms with Gasteiger partial charge in [0.2, 0.25) is 5.95 Å². The Morgan fingerprint density at radius 1 is 1.05 bits per heavy atom. The Morgan fingerprint density at radius 3 is 2.24 bits per heavy atom. The number of carbonyl (C=O) groups is 2. The first-order valence-electron chi connectivity index (χ1n) is 11.3. The van der Waals surface area contributed by atoms with Gasteiger partial charge in [-0.05, 0) is 18.1 Å². The van der Waals surface area contributed by atoms with Crippen molar-refractivity contribution in [3.63, 3.8) is 0 Å². The minimum absolute atomic E-state index is 0.156. The summed E-state index contributed by atoms with van der Waals surface area (Å²) in [6.45, 7) is 4.03. The van der Waals surface area contributed by atoms with Gasteiger partial charge in [-0.25, -0.2) is 33.0 Å². The fourth-order valence-corrected chi connectivity index (χ4v) is 5.43. The highest BCUT2D eigenvalue weighted by molar-refractivity contribution is 7.90. The second kappa shape index (κ2) is 9.53. The Bertz CT molecular complexity index is 1550. The number of esters is 2. The van der Waals surface area contributed by atoms with Crippen molar-refractivity contribution in [2.24, 2.45) is 5.92 Å². The number of aromatic nitrogens is 4. The summed E-state index contributed by atoms with van der Waals surface area (Å²) in [5.41, 5.74) is -1.64. The highest BCUT2D eigenvalue weighted by Gasteiger charge is 2.41. The van der Waals surface area contributed by atoms with Crippen molar-refractivity contribution in [2.75, 3.05) is 31.9 Å². The molecule has 15 heteroatoms. The van der Waals surface area contributed by atoms with Gasteiger partial charge in [-0.15, -0.1) is 0 Å². The molecule has 0 N–H and O–H groups in total. The van der Waals surface area contributed by atoms with E-state index in [1.54, 1.807) is 9.47 Å². The van der Waals surface area contributed by atoms with Crippen LogP contribution in [-0.2, 0) is 32.0 Å². The number of rotatable bonds is 5. The summed E-state index contributed by atoms with van der Waals surface area (Å²) in [6.07, 6.45) is -3.18.